The van der Waals surface area contributed by atoms with Crippen LogP contribution in [-0.4, -0.2) is 19.6 Å². The predicted molar refractivity (Wildman–Crippen MR) is 91.5 cm³/mol. The van der Waals surface area contributed by atoms with Crippen molar-refractivity contribution in [3.05, 3.63) is 57.8 Å². The first-order chi connectivity index (χ1) is 11.4. The lowest BCUT2D eigenvalue weighted by Crippen LogP contribution is -2.31. The average Bonchev–Trinajstić information content (AvgIpc) is 2.53. The first kappa shape index (κ1) is 18.4. The smallest absolute Gasteiger partial charge is 0.258 e. The zero-order valence-electron chi connectivity index (χ0n) is 13.1. The van der Waals surface area contributed by atoms with Gasteiger partial charge in [-0.05, 0) is 42.8 Å². The van der Waals surface area contributed by atoms with Gasteiger partial charge in [-0.25, -0.2) is 4.39 Å². The Morgan fingerprint density at radius 3 is 2.54 bits per heavy atom. The number of carbonyl (C=O) groups is 1. The molecule has 0 aromatic heterocycles. The minimum absolute atomic E-state index is 0.151. The van der Waals surface area contributed by atoms with Crippen molar-refractivity contribution in [1.82, 2.24) is 5.32 Å². The molecule has 0 unspecified atom stereocenters. The molecule has 0 fully saturated rings. The van der Waals surface area contributed by atoms with Crippen LogP contribution in [0.4, 0.5) is 4.39 Å². The van der Waals surface area contributed by atoms with Gasteiger partial charge in [0, 0.05) is 5.02 Å². The van der Waals surface area contributed by atoms with Crippen molar-refractivity contribution < 1.29 is 18.7 Å². The van der Waals surface area contributed by atoms with E-state index in [1.807, 2.05) is 0 Å². The van der Waals surface area contributed by atoms with E-state index in [4.69, 9.17) is 32.7 Å². The molecule has 0 saturated heterocycles. The monoisotopic (exact) mass is 371 g/mol. The molecule has 1 amide bonds. The molecule has 0 saturated carbocycles. The first-order valence-corrected chi connectivity index (χ1v) is 7.87. The maximum absolute atomic E-state index is 13.7. The first-order valence-electron chi connectivity index (χ1n) is 7.11. The van der Waals surface area contributed by atoms with Crippen molar-refractivity contribution in [3.63, 3.8) is 0 Å². The van der Waals surface area contributed by atoms with Crippen LogP contribution >= 0.6 is 23.2 Å². The standard InChI is InChI=1S/C17H16Cl2FNO3/c1-10(11-3-5-16(23-2)14(20)7-11)21-17(22)9-24-15-6-4-12(18)8-13(15)19/h3-8,10H,9H2,1-2H3,(H,21,22)/t10-/m0/s1. The summed E-state index contributed by atoms with van der Waals surface area (Å²) in [5.41, 5.74) is 0.617. The molecule has 2 aromatic carbocycles. The van der Waals surface area contributed by atoms with Crippen LogP contribution in [0.2, 0.25) is 10.0 Å². The molecular formula is C17H16Cl2FNO3. The van der Waals surface area contributed by atoms with Crippen molar-refractivity contribution in [2.75, 3.05) is 13.7 Å². The fourth-order valence-corrected chi connectivity index (χ4v) is 2.52. The lowest BCUT2D eigenvalue weighted by atomic mass is 10.1. The van der Waals surface area contributed by atoms with E-state index in [2.05, 4.69) is 5.32 Å². The van der Waals surface area contributed by atoms with Crippen LogP contribution in [0.5, 0.6) is 11.5 Å². The normalized spacial score (nSPS) is 11.7. The third-order valence-electron chi connectivity index (χ3n) is 3.31. The second-order valence-corrected chi connectivity index (χ2v) is 5.89. The molecular weight excluding hydrogens is 356 g/mol. The van der Waals surface area contributed by atoms with Crippen molar-refractivity contribution >= 4 is 29.1 Å². The molecule has 2 rings (SSSR count). The van der Waals surface area contributed by atoms with Gasteiger partial charge in [-0.1, -0.05) is 29.3 Å². The Morgan fingerprint density at radius 2 is 1.92 bits per heavy atom. The molecule has 1 N–H and O–H groups in total. The number of ether oxygens (including phenoxy) is 2. The second-order valence-electron chi connectivity index (χ2n) is 5.05. The van der Waals surface area contributed by atoms with E-state index in [9.17, 15) is 9.18 Å². The van der Waals surface area contributed by atoms with Crippen LogP contribution in [0.1, 0.15) is 18.5 Å². The summed E-state index contributed by atoms with van der Waals surface area (Å²) in [7, 11) is 1.39. The van der Waals surface area contributed by atoms with E-state index in [0.29, 0.717) is 21.4 Å². The Morgan fingerprint density at radius 1 is 1.21 bits per heavy atom. The van der Waals surface area contributed by atoms with Gasteiger partial charge in [0.05, 0.1) is 18.2 Å². The maximum Gasteiger partial charge on any atom is 0.258 e. The van der Waals surface area contributed by atoms with Crippen LogP contribution in [0.15, 0.2) is 36.4 Å². The molecule has 0 radical (unpaired) electrons. The summed E-state index contributed by atoms with van der Waals surface area (Å²) in [4.78, 5) is 12.0. The topological polar surface area (TPSA) is 47.6 Å². The Bertz CT molecular complexity index is 740. The molecule has 0 aliphatic carbocycles. The summed E-state index contributed by atoms with van der Waals surface area (Å²) < 4.78 is 23.9. The number of carbonyl (C=O) groups excluding carboxylic acids is 1. The number of hydrogen-bond donors (Lipinski definition) is 1. The molecule has 7 heteroatoms. The highest BCUT2D eigenvalue weighted by molar-refractivity contribution is 6.35. The number of methoxy groups -OCH3 is 1. The molecule has 24 heavy (non-hydrogen) atoms. The number of nitrogens with one attached hydrogen (secondary N) is 1. The van der Waals surface area contributed by atoms with Crippen molar-refractivity contribution in [2.24, 2.45) is 0 Å². The van der Waals surface area contributed by atoms with E-state index in [1.165, 1.54) is 25.3 Å². The molecule has 4 nitrogen and oxygen atoms in total. The molecule has 2 aromatic rings. The highest BCUT2D eigenvalue weighted by atomic mass is 35.5. The fourth-order valence-electron chi connectivity index (χ4n) is 2.05. The predicted octanol–water partition coefficient (Wildman–Crippen LogP) is 4.40. The van der Waals surface area contributed by atoms with Gasteiger partial charge in [0.1, 0.15) is 5.75 Å². The number of amides is 1. The lowest BCUT2D eigenvalue weighted by molar-refractivity contribution is -0.123. The van der Waals surface area contributed by atoms with Crippen LogP contribution < -0.4 is 14.8 Å². The summed E-state index contributed by atoms with van der Waals surface area (Å²) in [6, 6.07) is 8.85. The van der Waals surface area contributed by atoms with Crippen LogP contribution in [0.25, 0.3) is 0 Å². The maximum atomic E-state index is 13.7. The zero-order valence-corrected chi connectivity index (χ0v) is 14.6. The molecule has 0 spiro atoms. The largest absolute Gasteiger partial charge is 0.494 e. The Kier molecular flexibility index (Phi) is 6.29. The van der Waals surface area contributed by atoms with E-state index in [-0.39, 0.29) is 24.3 Å². The minimum atomic E-state index is -0.486. The molecule has 1 atom stereocenters. The Labute approximate surface area is 149 Å². The van der Waals surface area contributed by atoms with Crippen LogP contribution in [0, 0.1) is 5.82 Å². The van der Waals surface area contributed by atoms with Crippen molar-refractivity contribution in [1.29, 1.82) is 0 Å². The highest BCUT2D eigenvalue weighted by Gasteiger charge is 2.13. The number of benzene rings is 2. The summed E-state index contributed by atoms with van der Waals surface area (Å²) >= 11 is 11.8. The van der Waals surface area contributed by atoms with Crippen LogP contribution in [-0.2, 0) is 4.79 Å². The molecule has 0 heterocycles. The van der Waals surface area contributed by atoms with Gasteiger partial charge in [-0.15, -0.1) is 0 Å². The summed E-state index contributed by atoms with van der Waals surface area (Å²) in [5, 5.41) is 3.52. The zero-order chi connectivity index (χ0) is 17.7. The van der Waals surface area contributed by atoms with Gasteiger partial charge in [-0.2, -0.15) is 0 Å². The molecule has 0 aliphatic rings. The van der Waals surface area contributed by atoms with Crippen molar-refractivity contribution in [3.8, 4) is 11.5 Å². The van der Waals surface area contributed by atoms with Gasteiger partial charge in [0.25, 0.3) is 5.91 Å². The third kappa shape index (κ3) is 4.76. The van der Waals surface area contributed by atoms with E-state index >= 15 is 0 Å². The minimum Gasteiger partial charge on any atom is -0.494 e. The van der Waals surface area contributed by atoms with Crippen molar-refractivity contribution in [2.45, 2.75) is 13.0 Å². The van der Waals surface area contributed by atoms with Gasteiger partial charge < -0.3 is 14.8 Å². The third-order valence-corrected chi connectivity index (χ3v) is 3.84. The van der Waals surface area contributed by atoms with E-state index in [0.717, 1.165) is 0 Å². The average molecular weight is 372 g/mol. The van der Waals surface area contributed by atoms with E-state index < -0.39 is 5.82 Å². The fraction of sp³-hybridized carbons (Fsp3) is 0.235. The highest BCUT2D eigenvalue weighted by Crippen LogP contribution is 2.27. The number of halogens is 3. The second kappa shape index (κ2) is 8.22. The summed E-state index contributed by atoms with van der Waals surface area (Å²) in [6.45, 7) is 1.53. The molecule has 0 bridgehead atoms. The quantitative estimate of drug-likeness (QED) is 0.818. The Hall–Kier alpha value is -1.98. The number of rotatable bonds is 6. The van der Waals surface area contributed by atoms with Gasteiger partial charge in [-0.3, -0.25) is 4.79 Å². The SMILES string of the molecule is COc1ccc([C@H](C)NC(=O)COc2ccc(Cl)cc2Cl)cc1F. The van der Waals surface area contributed by atoms with Gasteiger partial charge in [0.15, 0.2) is 18.2 Å². The van der Waals surface area contributed by atoms with Gasteiger partial charge in [0.2, 0.25) is 0 Å². The molecule has 0 aliphatic heterocycles. The van der Waals surface area contributed by atoms with Crippen LogP contribution in [0.3, 0.4) is 0 Å². The summed E-state index contributed by atoms with van der Waals surface area (Å²) in [6.07, 6.45) is 0. The van der Waals surface area contributed by atoms with E-state index in [1.54, 1.807) is 25.1 Å². The lowest BCUT2D eigenvalue weighted by Gasteiger charge is -2.16. The number of hydrogen-bond acceptors (Lipinski definition) is 3. The molecule has 128 valence electrons. The summed E-state index contributed by atoms with van der Waals surface area (Å²) in [5.74, 6) is -0.331. The Balaban J connectivity index is 1.93. The van der Waals surface area contributed by atoms with Gasteiger partial charge >= 0.3 is 0 Å².